The molecule has 1 aromatic rings. The minimum absolute atomic E-state index is 0.0229. The van der Waals surface area contributed by atoms with Gasteiger partial charge in [-0.15, -0.1) is 0 Å². The smallest absolute Gasteiger partial charge is 0.225 e. The molecule has 1 rings (SSSR count). The Morgan fingerprint density at radius 1 is 1.35 bits per heavy atom. The van der Waals surface area contributed by atoms with Gasteiger partial charge in [-0.2, -0.15) is 0 Å². The highest BCUT2D eigenvalue weighted by molar-refractivity contribution is 5.93. The molecule has 17 heavy (non-hydrogen) atoms. The molecular formula is C11H14FN3O2. The lowest BCUT2D eigenvalue weighted by molar-refractivity contribution is -0.116. The van der Waals surface area contributed by atoms with E-state index in [2.05, 4.69) is 10.6 Å². The zero-order valence-electron chi connectivity index (χ0n) is 9.42. The SMILES string of the molecule is CC(=O)Nc1ccc(F)c(NC(=O)CCN)c1. The number of nitrogens with two attached hydrogens (primary N) is 1. The van der Waals surface area contributed by atoms with E-state index in [0.717, 1.165) is 0 Å². The van der Waals surface area contributed by atoms with Crippen LogP contribution in [0, 0.1) is 5.82 Å². The quantitative estimate of drug-likeness (QED) is 0.734. The Hall–Kier alpha value is -1.95. The van der Waals surface area contributed by atoms with Gasteiger partial charge in [-0.25, -0.2) is 4.39 Å². The van der Waals surface area contributed by atoms with Crippen molar-refractivity contribution in [2.45, 2.75) is 13.3 Å². The lowest BCUT2D eigenvalue weighted by Crippen LogP contribution is -2.17. The monoisotopic (exact) mass is 239 g/mol. The van der Waals surface area contributed by atoms with Crippen LogP contribution in [0.15, 0.2) is 18.2 Å². The maximum Gasteiger partial charge on any atom is 0.225 e. The molecule has 0 fully saturated rings. The second kappa shape index (κ2) is 5.95. The van der Waals surface area contributed by atoms with E-state index in [4.69, 9.17) is 5.73 Å². The average molecular weight is 239 g/mol. The molecule has 0 aliphatic carbocycles. The Labute approximate surface area is 98.2 Å². The Balaban J connectivity index is 2.83. The molecule has 0 saturated heterocycles. The van der Waals surface area contributed by atoms with Crippen molar-refractivity contribution < 1.29 is 14.0 Å². The molecular weight excluding hydrogens is 225 g/mol. The molecule has 6 heteroatoms. The normalized spacial score (nSPS) is 9.82. The van der Waals surface area contributed by atoms with Crippen LogP contribution in [-0.4, -0.2) is 18.4 Å². The summed E-state index contributed by atoms with van der Waals surface area (Å²) in [5.41, 5.74) is 5.65. The first-order chi connectivity index (χ1) is 8.02. The van der Waals surface area contributed by atoms with Crippen molar-refractivity contribution in [3.63, 3.8) is 0 Å². The molecule has 1 aromatic carbocycles. The zero-order valence-corrected chi connectivity index (χ0v) is 9.42. The second-order valence-corrected chi connectivity index (χ2v) is 3.46. The van der Waals surface area contributed by atoms with Crippen molar-refractivity contribution in [1.82, 2.24) is 0 Å². The Kier molecular flexibility index (Phi) is 4.59. The van der Waals surface area contributed by atoms with E-state index >= 15 is 0 Å². The molecule has 4 N–H and O–H groups in total. The predicted molar refractivity (Wildman–Crippen MR) is 63.0 cm³/mol. The summed E-state index contributed by atoms with van der Waals surface area (Å²) in [5, 5.41) is 4.88. The molecule has 0 radical (unpaired) electrons. The number of anilines is 2. The van der Waals surface area contributed by atoms with Crippen LogP contribution in [0.3, 0.4) is 0 Å². The summed E-state index contributed by atoms with van der Waals surface area (Å²) in [6.07, 6.45) is 0.115. The Bertz CT molecular complexity index is 435. The molecule has 0 bridgehead atoms. The third kappa shape index (κ3) is 4.20. The topological polar surface area (TPSA) is 84.2 Å². The van der Waals surface area contributed by atoms with E-state index in [1.165, 1.54) is 25.1 Å². The van der Waals surface area contributed by atoms with Crippen molar-refractivity contribution >= 4 is 23.2 Å². The van der Waals surface area contributed by atoms with Gasteiger partial charge in [-0.05, 0) is 18.2 Å². The molecule has 0 heterocycles. The van der Waals surface area contributed by atoms with Crippen molar-refractivity contribution in [2.24, 2.45) is 5.73 Å². The lowest BCUT2D eigenvalue weighted by Gasteiger charge is -2.08. The van der Waals surface area contributed by atoms with Crippen LogP contribution < -0.4 is 16.4 Å². The number of rotatable bonds is 4. The number of halogens is 1. The van der Waals surface area contributed by atoms with Crippen LogP contribution in [-0.2, 0) is 9.59 Å². The Morgan fingerprint density at radius 3 is 2.65 bits per heavy atom. The average Bonchev–Trinajstić information content (AvgIpc) is 2.22. The van der Waals surface area contributed by atoms with Gasteiger partial charge in [-0.1, -0.05) is 0 Å². The first-order valence-corrected chi connectivity index (χ1v) is 5.10. The molecule has 0 atom stereocenters. The number of carbonyl (C=O) groups is 2. The number of nitrogens with one attached hydrogen (secondary N) is 2. The van der Waals surface area contributed by atoms with Crippen LogP contribution >= 0.6 is 0 Å². The van der Waals surface area contributed by atoms with Gasteiger partial charge in [0.2, 0.25) is 11.8 Å². The number of carbonyl (C=O) groups excluding carboxylic acids is 2. The highest BCUT2D eigenvalue weighted by atomic mass is 19.1. The van der Waals surface area contributed by atoms with Crippen molar-refractivity contribution in [1.29, 1.82) is 0 Å². The molecule has 0 aliphatic heterocycles. The lowest BCUT2D eigenvalue weighted by atomic mass is 10.2. The van der Waals surface area contributed by atoms with Crippen LogP contribution in [0.25, 0.3) is 0 Å². The summed E-state index contributed by atoms with van der Waals surface area (Å²) in [6.45, 7) is 1.54. The summed E-state index contributed by atoms with van der Waals surface area (Å²) in [4.78, 5) is 22.1. The van der Waals surface area contributed by atoms with Gasteiger partial charge in [0.25, 0.3) is 0 Å². The van der Waals surface area contributed by atoms with E-state index in [1.54, 1.807) is 0 Å². The zero-order chi connectivity index (χ0) is 12.8. The van der Waals surface area contributed by atoms with Crippen LogP contribution in [0.4, 0.5) is 15.8 Å². The van der Waals surface area contributed by atoms with E-state index in [9.17, 15) is 14.0 Å². The molecule has 92 valence electrons. The van der Waals surface area contributed by atoms with Crippen molar-refractivity contribution in [3.8, 4) is 0 Å². The summed E-state index contributed by atoms with van der Waals surface area (Å²) in [5.74, 6) is -1.20. The number of amides is 2. The fourth-order valence-electron chi connectivity index (χ4n) is 1.25. The van der Waals surface area contributed by atoms with Gasteiger partial charge < -0.3 is 16.4 Å². The minimum Gasteiger partial charge on any atom is -0.330 e. The second-order valence-electron chi connectivity index (χ2n) is 3.46. The van der Waals surface area contributed by atoms with Crippen molar-refractivity contribution in [2.75, 3.05) is 17.2 Å². The van der Waals surface area contributed by atoms with Gasteiger partial charge in [0, 0.05) is 25.6 Å². The summed E-state index contributed by atoms with van der Waals surface area (Å²) in [6, 6.07) is 3.93. The highest BCUT2D eigenvalue weighted by Crippen LogP contribution is 2.19. The fourth-order valence-corrected chi connectivity index (χ4v) is 1.25. The number of hydrogen-bond donors (Lipinski definition) is 3. The molecule has 0 aromatic heterocycles. The number of hydrogen-bond acceptors (Lipinski definition) is 3. The highest BCUT2D eigenvalue weighted by Gasteiger charge is 2.07. The fraction of sp³-hybridized carbons (Fsp3) is 0.273. The molecule has 0 unspecified atom stereocenters. The van der Waals surface area contributed by atoms with Gasteiger partial charge >= 0.3 is 0 Å². The van der Waals surface area contributed by atoms with Crippen LogP contribution in [0.1, 0.15) is 13.3 Å². The maximum atomic E-state index is 13.3. The Morgan fingerprint density at radius 2 is 2.06 bits per heavy atom. The van der Waals surface area contributed by atoms with E-state index < -0.39 is 5.82 Å². The maximum absolute atomic E-state index is 13.3. The summed E-state index contributed by atoms with van der Waals surface area (Å²) >= 11 is 0. The first-order valence-electron chi connectivity index (χ1n) is 5.10. The number of benzene rings is 1. The molecule has 0 saturated carbocycles. The van der Waals surface area contributed by atoms with Gasteiger partial charge in [0.1, 0.15) is 5.82 Å². The minimum atomic E-state index is -0.565. The molecule has 0 aliphatic rings. The van der Waals surface area contributed by atoms with E-state index in [1.807, 2.05) is 0 Å². The molecule has 2 amide bonds. The van der Waals surface area contributed by atoms with Gasteiger partial charge in [0.05, 0.1) is 5.69 Å². The van der Waals surface area contributed by atoms with E-state index in [0.29, 0.717) is 5.69 Å². The molecule has 5 nitrogen and oxygen atoms in total. The standard InChI is InChI=1S/C11H14FN3O2/c1-7(16)14-8-2-3-9(12)10(6-8)15-11(17)4-5-13/h2-3,6H,4-5,13H2,1H3,(H,14,16)(H,15,17). The van der Waals surface area contributed by atoms with Crippen LogP contribution in [0.2, 0.25) is 0 Å². The van der Waals surface area contributed by atoms with E-state index in [-0.39, 0.29) is 30.5 Å². The molecule has 0 spiro atoms. The van der Waals surface area contributed by atoms with Crippen LogP contribution in [0.5, 0.6) is 0 Å². The van der Waals surface area contributed by atoms with Gasteiger partial charge in [0.15, 0.2) is 0 Å². The van der Waals surface area contributed by atoms with Crippen molar-refractivity contribution in [3.05, 3.63) is 24.0 Å². The first kappa shape index (κ1) is 13.1. The third-order valence-corrected chi connectivity index (χ3v) is 1.93. The predicted octanol–water partition coefficient (Wildman–Crippen LogP) is 1.07. The summed E-state index contributed by atoms with van der Waals surface area (Å²) in [7, 11) is 0. The third-order valence-electron chi connectivity index (χ3n) is 1.93. The van der Waals surface area contributed by atoms with Gasteiger partial charge in [-0.3, -0.25) is 9.59 Å². The summed E-state index contributed by atoms with van der Waals surface area (Å²) < 4.78 is 13.3. The largest absolute Gasteiger partial charge is 0.330 e.